The average molecular weight is 516 g/mol. The van der Waals surface area contributed by atoms with E-state index in [2.05, 4.69) is 14.4 Å². The molecule has 36 heavy (non-hydrogen) atoms. The number of carbonyl (C=O) groups excluding carboxylic acids is 2. The number of likely N-dealkylation sites (tertiary alicyclic amines) is 1. The van der Waals surface area contributed by atoms with Gasteiger partial charge in [-0.2, -0.15) is 9.46 Å². The van der Waals surface area contributed by atoms with Gasteiger partial charge in [-0.05, 0) is 58.9 Å². The lowest BCUT2D eigenvalue weighted by Crippen LogP contribution is -2.41. The first-order chi connectivity index (χ1) is 16.8. The number of thiol groups is 1. The van der Waals surface area contributed by atoms with Gasteiger partial charge in [0.1, 0.15) is 16.8 Å². The number of H-pyrrole nitrogens is 1. The van der Waals surface area contributed by atoms with Crippen molar-refractivity contribution in [1.29, 1.82) is 0 Å². The Balaban J connectivity index is 1.60. The maximum Gasteiger partial charge on any atom is 0.410 e. The Labute approximate surface area is 210 Å². The second-order valence-corrected chi connectivity index (χ2v) is 12.8. The third kappa shape index (κ3) is 5.57. The number of amides is 2. The summed E-state index contributed by atoms with van der Waals surface area (Å²) in [5.41, 5.74) is 1.13. The second-order valence-electron chi connectivity index (χ2n) is 10.3. The summed E-state index contributed by atoms with van der Waals surface area (Å²) in [6, 6.07) is 8.72. The predicted molar refractivity (Wildman–Crippen MR) is 139 cm³/mol. The minimum absolute atomic E-state index is 0.0311. The zero-order chi connectivity index (χ0) is 26.3. The number of fused-ring (bicyclic) bond motifs is 1. The van der Waals surface area contributed by atoms with Crippen molar-refractivity contribution in [1.82, 2.24) is 19.5 Å². The number of nitrogens with one attached hydrogen (secondary N) is 1. The van der Waals surface area contributed by atoms with Crippen LogP contribution in [0.25, 0.3) is 5.65 Å². The third-order valence-corrected chi connectivity index (χ3v) is 7.99. The molecular formula is C25H33N5O5S. The number of carbonyl (C=O) groups is 2. The first-order valence-corrected chi connectivity index (χ1v) is 14.0. The van der Waals surface area contributed by atoms with E-state index < -0.39 is 21.6 Å². The fraction of sp³-hybridized carbons (Fsp3) is 0.440. The van der Waals surface area contributed by atoms with Crippen molar-refractivity contribution in [3.8, 4) is 0 Å². The van der Waals surface area contributed by atoms with Crippen LogP contribution >= 0.6 is 0 Å². The smallest absolute Gasteiger partial charge is 0.410 e. The topological polar surface area (TPSA) is 129 Å². The van der Waals surface area contributed by atoms with Crippen molar-refractivity contribution >= 4 is 27.8 Å². The van der Waals surface area contributed by atoms with Gasteiger partial charge in [0.25, 0.3) is 11.5 Å². The van der Waals surface area contributed by atoms with Crippen molar-refractivity contribution in [3.63, 3.8) is 0 Å². The van der Waals surface area contributed by atoms with Crippen LogP contribution in [0.2, 0.25) is 0 Å². The Bertz CT molecular complexity index is 1400. The molecule has 1 aliphatic heterocycles. The van der Waals surface area contributed by atoms with Gasteiger partial charge in [-0.1, -0.05) is 27.8 Å². The van der Waals surface area contributed by atoms with Crippen LogP contribution in [0, 0.1) is 6.92 Å². The summed E-state index contributed by atoms with van der Waals surface area (Å²) in [7, 11) is -3.07. The van der Waals surface area contributed by atoms with Crippen molar-refractivity contribution < 1.29 is 18.9 Å². The molecule has 194 valence electrons. The number of hydrogen-bond donors (Lipinski definition) is 3. The van der Waals surface area contributed by atoms with Crippen LogP contribution in [0.3, 0.4) is 0 Å². The fourth-order valence-electron chi connectivity index (χ4n) is 4.26. The summed E-state index contributed by atoms with van der Waals surface area (Å²) < 4.78 is 22.1. The molecule has 0 spiro atoms. The molecule has 4 rings (SSSR count). The molecule has 2 N–H and O–H groups in total. The molecule has 11 heteroatoms. The van der Waals surface area contributed by atoms with Crippen LogP contribution in [0.4, 0.5) is 4.79 Å². The van der Waals surface area contributed by atoms with Gasteiger partial charge >= 0.3 is 6.09 Å². The van der Waals surface area contributed by atoms with E-state index in [-0.39, 0.29) is 28.8 Å². The first kappa shape index (κ1) is 25.8. The molecule has 1 aromatic carbocycles. The lowest BCUT2D eigenvalue weighted by atomic mass is 9.93. The highest BCUT2D eigenvalue weighted by molar-refractivity contribution is 7.99. The molecule has 0 saturated carbocycles. The van der Waals surface area contributed by atoms with Gasteiger partial charge in [-0.25, -0.2) is 9.31 Å². The van der Waals surface area contributed by atoms with Crippen LogP contribution in [0.5, 0.6) is 0 Å². The van der Waals surface area contributed by atoms with E-state index in [1.165, 1.54) is 12.3 Å². The molecule has 2 amide bonds. The summed E-state index contributed by atoms with van der Waals surface area (Å²) in [5.74, 6) is -0.673. The highest BCUT2D eigenvalue weighted by atomic mass is 32.3. The maximum absolute atomic E-state index is 13.1. The van der Waals surface area contributed by atoms with Gasteiger partial charge in [-0.3, -0.25) is 9.59 Å². The minimum Gasteiger partial charge on any atom is -0.444 e. The Morgan fingerprint density at radius 3 is 2.44 bits per heavy atom. The molecular weight excluding hydrogens is 482 g/mol. The quantitative estimate of drug-likeness (QED) is 0.455. The lowest BCUT2D eigenvalue weighted by molar-refractivity contribution is 0.0203. The number of nitrogens with zero attached hydrogens (tertiary/aromatic N) is 4. The molecule has 3 heterocycles. The van der Waals surface area contributed by atoms with Gasteiger partial charge in [0, 0.05) is 30.0 Å². The van der Waals surface area contributed by atoms with Gasteiger partial charge in [-0.15, -0.1) is 0 Å². The standard InChI is InChI=1S/C25H33N5O5S/c1-16-6-8-18(9-7-16)36(5,34)28-23(32)19-15-26-30-20(14-21(31)27-22(19)30)17-10-12-29(13-11-17)24(33)35-25(2,3)4/h6-9,14-15,17,36H,10-13H2,1-5H3,(H,27,31)(H,28,32,34). The van der Waals surface area contributed by atoms with Crippen molar-refractivity contribution in [2.24, 2.45) is 4.36 Å². The third-order valence-electron chi connectivity index (χ3n) is 6.14. The molecule has 10 nitrogen and oxygen atoms in total. The average Bonchev–Trinajstić information content (AvgIpc) is 3.21. The summed E-state index contributed by atoms with van der Waals surface area (Å²) in [6.45, 7) is 8.40. The van der Waals surface area contributed by atoms with E-state index in [4.69, 9.17) is 4.74 Å². The van der Waals surface area contributed by atoms with E-state index in [0.29, 0.717) is 36.5 Å². The van der Waals surface area contributed by atoms with Gasteiger partial charge in [0.15, 0.2) is 0 Å². The zero-order valence-corrected chi connectivity index (χ0v) is 22.1. The molecule has 3 aromatic rings. The van der Waals surface area contributed by atoms with Crippen molar-refractivity contribution in [2.45, 2.75) is 57.0 Å². The van der Waals surface area contributed by atoms with E-state index in [1.54, 1.807) is 27.8 Å². The Hall–Kier alpha value is -3.31. The van der Waals surface area contributed by atoms with Crippen molar-refractivity contribution in [3.05, 3.63) is 63.7 Å². The number of aromatic nitrogens is 3. The number of hydrogen-bond acceptors (Lipinski definition) is 5. The van der Waals surface area contributed by atoms with Crippen LogP contribution in [-0.4, -0.2) is 61.0 Å². The number of aryl methyl sites for hydroxylation is 1. The van der Waals surface area contributed by atoms with Crippen LogP contribution in [0.15, 0.2) is 50.6 Å². The van der Waals surface area contributed by atoms with E-state index in [1.807, 2.05) is 39.8 Å². The summed E-state index contributed by atoms with van der Waals surface area (Å²) in [4.78, 5) is 42.9. The Morgan fingerprint density at radius 2 is 1.83 bits per heavy atom. The number of rotatable bonds is 3. The van der Waals surface area contributed by atoms with Crippen LogP contribution in [-0.2, 0) is 14.8 Å². The highest BCUT2D eigenvalue weighted by Crippen LogP contribution is 2.29. The zero-order valence-electron chi connectivity index (χ0n) is 21.2. The van der Waals surface area contributed by atoms with Gasteiger partial charge in [0.2, 0.25) is 0 Å². The number of piperidine rings is 1. The molecule has 1 saturated heterocycles. The van der Waals surface area contributed by atoms with Gasteiger partial charge < -0.3 is 19.2 Å². The number of ether oxygens (including phenoxy) is 1. The first-order valence-electron chi connectivity index (χ1n) is 11.9. The molecule has 0 unspecified atom stereocenters. The maximum atomic E-state index is 13.1. The number of aromatic amines is 1. The molecule has 1 aliphatic rings. The SMILES string of the molecule is Cc1ccc([SH](C)(O)=NC(=O)c2cnn3c(C4CCN(C(=O)OC(C)(C)C)CC4)cc(=O)[nH]c23)cc1. The number of benzene rings is 1. The summed E-state index contributed by atoms with van der Waals surface area (Å²) in [6.07, 6.45) is 3.81. The van der Waals surface area contributed by atoms with Crippen LogP contribution < -0.4 is 5.56 Å². The van der Waals surface area contributed by atoms with E-state index in [9.17, 15) is 18.9 Å². The second kappa shape index (κ2) is 9.62. The van der Waals surface area contributed by atoms with Crippen molar-refractivity contribution in [2.75, 3.05) is 19.3 Å². The van der Waals surface area contributed by atoms with Gasteiger partial charge in [0.05, 0.1) is 11.9 Å². The molecule has 0 bridgehead atoms. The monoisotopic (exact) mass is 515 g/mol. The van der Waals surface area contributed by atoms with E-state index >= 15 is 0 Å². The summed E-state index contributed by atoms with van der Waals surface area (Å²) in [5, 5.41) is 4.36. The Morgan fingerprint density at radius 1 is 1.19 bits per heavy atom. The minimum atomic E-state index is -3.07. The molecule has 0 atom stereocenters. The summed E-state index contributed by atoms with van der Waals surface area (Å²) >= 11 is 0. The lowest BCUT2D eigenvalue weighted by Gasteiger charge is -2.33. The Kier molecular flexibility index (Phi) is 6.89. The van der Waals surface area contributed by atoms with E-state index in [0.717, 1.165) is 5.56 Å². The predicted octanol–water partition coefficient (Wildman–Crippen LogP) is 3.82. The molecule has 0 aliphatic carbocycles. The molecule has 0 radical (unpaired) electrons. The normalized spacial score (nSPS) is 15.7. The fourth-order valence-corrected chi connectivity index (χ4v) is 5.55. The van der Waals surface area contributed by atoms with Crippen LogP contribution in [0.1, 0.15) is 61.1 Å². The highest BCUT2D eigenvalue weighted by Gasteiger charge is 2.29. The molecule has 1 fully saturated rings. The largest absolute Gasteiger partial charge is 0.444 e. The molecule has 2 aromatic heterocycles.